The van der Waals surface area contributed by atoms with Crippen LogP contribution in [0, 0.1) is 93.9 Å². The van der Waals surface area contributed by atoms with Crippen molar-refractivity contribution < 1.29 is 106 Å². The van der Waals surface area contributed by atoms with Gasteiger partial charge in [-0.05, 0) is 18.2 Å². The molecule has 1 unspecified atom stereocenters. The van der Waals surface area contributed by atoms with E-state index in [9.17, 15) is 18.2 Å². The zero-order valence-electron chi connectivity index (χ0n) is 13.6. The molecule has 7 nitrogen and oxygen atoms in total. The molecule has 3 rings (SSSR count). The van der Waals surface area contributed by atoms with E-state index in [0.29, 0.717) is 24.5 Å². The van der Waals surface area contributed by atoms with Crippen LogP contribution in [0.1, 0.15) is 0 Å². The number of halogens is 1. The summed E-state index contributed by atoms with van der Waals surface area (Å²) in [6.45, 7) is 0.838. The van der Waals surface area contributed by atoms with Crippen molar-refractivity contribution in [3.05, 3.63) is 34.5 Å². The monoisotopic (exact) mass is 794 g/mol. The zero-order valence-corrected chi connectivity index (χ0v) is 23.9. The number of anilines is 2. The standard InChI is InChI=1S/C14H17FN4O3S.2Ac/c15-12-7-10(19-9-11(8-16)22-14(19)20)1-2-13(12)18-3-5-23(17,21)6-4-18;;/h1-2,7,11,16H,3-6,8-9H2;;/q-2;;. The third-order valence-corrected chi connectivity index (χ3v) is 5.69. The Morgan fingerprint density at radius 1 is 1.32 bits per heavy atom. The number of cyclic esters (lactones) is 1. The molecule has 2 fully saturated rings. The molecule has 2 aliphatic heterocycles. The number of carbonyl (C=O) groups excluding carboxylic acids is 1. The van der Waals surface area contributed by atoms with Gasteiger partial charge in [-0.3, -0.25) is 9.11 Å². The van der Waals surface area contributed by atoms with Crippen molar-refractivity contribution in [1.29, 1.82) is 0 Å². The molecule has 0 bridgehead atoms. The van der Waals surface area contributed by atoms with E-state index in [1.807, 2.05) is 0 Å². The summed E-state index contributed by atoms with van der Waals surface area (Å²) >= 11 is 0. The summed E-state index contributed by atoms with van der Waals surface area (Å²) in [4.78, 5) is 14.8. The predicted octanol–water partition coefficient (Wildman–Crippen LogP) is 2.06. The number of rotatable bonds is 3. The van der Waals surface area contributed by atoms with Gasteiger partial charge in [-0.2, -0.15) is 0 Å². The number of nitrogens with zero attached hydrogens (tertiary/aromatic N) is 3. The van der Waals surface area contributed by atoms with Gasteiger partial charge in [0.1, 0.15) is 11.9 Å². The van der Waals surface area contributed by atoms with Gasteiger partial charge >= 0.3 is 6.09 Å². The number of hydrogen-bond acceptors (Lipinski definition) is 4. The second-order valence-electron chi connectivity index (χ2n) is 5.62. The van der Waals surface area contributed by atoms with Crippen LogP contribution in [-0.2, 0) is 14.5 Å². The van der Waals surface area contributed by atoms with Crippen LogP contribution >= 0.6 is 0 Å². The first kappa shape index (κ1) is 24.1. The number of carbonyl (C=O) groups is 1. The fourth-order valence-corrected chi connectivity index (χ4v) is 3.93. The van der Waals surface area contributed by atoms with Gasteiger partial charge in [0.25, 0.3) is 0 Å². The maximum atomic E-state index is 14.4. The second-order valence-corrected chi connectivity index (χ2v) is 7.99. The molecule has 0 aromatic heterocycles. The van der Waals surface area contributed by atoms with Gasteiger partial charge in [0.05, 0.1) is 17.9 Å². The number of ether oxygens (including phenoxy) is 1. The van der Waals surface area contributed by atoms with Crippen molar-refractivity contribution >= 4 is 27.2 Å². The topological polar surface area (TPSA) is 96.0 Å². The normalized spacial score (nSPS) is 22.0. The van der Waals surface area contributed by atoms with Crippen LogP contribution in [0.3, 0.4) is 0 Å². The van der Waals surface area contributed by atoms with E-state index in [1.165, 1.54) is 11.0 Å². The van der Waals surface area contributed by atoms with E-state index in [4.69, 9.17) is 10.5 Å². The third kappa shape index (κ3) is 5.75. The molecule has 1 aromatic carbocycles. The third-order valence-electron chi connectivity index (χ3n) is 4.05. The van der Waals surface area contributed by atoms with Crippen molar-refractivity contribution in [2.45, 2.75) is 6.10 Å². The molecule has 11 heteroatoms. The van der Waals surface area contributed by atoms with Gasteiger partial charge in [-0.25, -0.2) is 9.18 Å². The van der Waals surface area contributed by atoms with Crippen LogP contribution in [0.25, 0.3) is 10.5 Å². The average Bonchev–Trinajstić information content (AvgIpc) is 2.89. The Morgan fingerprint density at radius 2 is 1.96 bits per heavy atom. The van der Waals surface area contributed by atoms with Crippen LogP contribution in [0.4, 0.5) is 20.6 Å². The molecular formula is C14H17Ac2FN4O3S-2. The first-order chi connectivity index (χ1) is 10.9. The molecule has 1 aromatic rings. The maximum absolute atomic E-state index is 14.4. The van der Waals surface area contributed by atoms with Crippen molar-refractivity contribution in [3.8, 4) is 0 Å². The summed E-state index contributed by atoms with van der Waals surface area (Å²) in [5.74, 6) is -0.244. The summed E-state index contributed by atoms with van der Waals surface area (Å²) in [5, 5.41) is 0. The van der Waals surface area contributed by atoms with Crippen LogP contribution in [-0.4, -0.2) is 54.1 Å². The predicted molar refractivity (Wildman–Crippen MR) is 86.7 cm³/mol. The Hall–Kier alpha value is 1.01. The van der Waals surface area contributed by atoms with E-state index < -0.39 is 27.7 Å². The minimum atomic E-state index is -2.78. The van der Waals surface area contributed by atoms with Crippen LogP contribution < -0.4 is 9.80 Å². The van der Waals surface area contributed by atoms with E-state index in [1.54, 1.807) is 17.0 Å². The van der Waals surface area contributed by atoms with E-state index in [0.717, 1.165) is 0 Å². The molecular weight excluding hydrogens is 777 g/mol. The van der Waals surface area contributed by atoms with Gasteiger partial charge in [0, 0.05) is 113 Å². The molecule has 1 amide bonds. The van der Waals surface area contributed by atoms with E-state index in [-0.39, 0.29) is 113 Å². The largest absolute Gasteiger partial charge is 0.751 e. The van der Waals surface area contributed by atoms with Crippen LogP contribution in [0.2, 0.25) is 0 Å². The first-order valence-corrected chi connectivity index (χ1v) is 9.14. The smallest absolute Gasteiger partial charge is 0.414 e. The molecule has 2 heterocycles. The van der Waals surface area contributed by atoms with Crippen molar-refractivity contribution in [2.75, 3.05) is 47.5 Å². The Bertz CT molecular complexity index is 721. The van der Waals surface area contributed by atoms with Gasteiger partial charge in [-0.15, -0.1) is 16.3 Å². The number of amides is 1. The molecule has 2 saturated heterocycles. The van der Waals surface area contributed by atoms with Gasteiger partial charge in [-0.1, -0.05) is 0 Å². The molecule has 1 atom stereocenters. The fourth-order valence-electron chi connectivity index (χ4n) is 2.72. The Morgan fingerprint density at radius 3 is 2.48 bits per heavy atom. The molecule has 0 spiro atoms. The molecule has 0 aliphatic carbocycles. The maximum Gasteiger partial charge on any atom is 0.414 e. The molecule has 1 N–H and O–H groups in total. The van der Waals surface area contributed by atoms with E-state index in [2.05, 4.69) is 0 Å². The van der Waals surface area contributed by atoms with Crippen molar-refractivity contribution in [2.24, 2.45) is 0 Å². The fraction of sp³-hybridized carbons (Fsp3) is 0.500. The van der Waals surface area contributed by atoms with Gasteiger partial charge < -0.3 is 20.2 Å². The SMILES string of the molecule is [Ac].[Ac].[N-]=S1(=O)CCN(c2ccc(N3CC(C[NH-])OC3=O)cc2F)CC1. The Kier molecular flexibility index (Phi) is 9.60. The average molecular weight is 794 g/mol. The minimum absolute atomic E-state index is 0. The van der Waals surface area contributed by atoms with E-state index >= 15 is 0 Å². The molecule has 132 valence electrons. The molecule has 0 saturated carbocycles. The summed E-state index contributed by atoms with van der Waals surface area (Å²) < 4.78 is 40.4. The zero-order chi connectivity index (χ0) is 16.6. The minimum Gasteiger partial charge on any atom is -0.751 e. The first-order valence-electron chi connectivity index (χ1n) is 7.29. The summed E-state index contributed by atoms with van der Waals surface area (Å²) in [6, 6.07) is 4.45. The molecule has 2 radical (unpaired) electrons. The summed E-state index contributed by atoms with van der Waals surface area (Å²) in [6.07, 6.45) is -1.07. The van der Waals surface area contributed by atoms with Crippen LogP contribution in [0.5, 0.6) is 0 Å². The quantitative estimate of drug-likeness (QED) is 0.469. The van der Waals surface area contributed by atoms with Crippen LogP contribution in [0.15, 0.2) is 18.2 Å². The molecule has 2 aliphatic rings. The van der Waals surface area contributed by atoms with Crippen molar-refractivity contribution in [3.63, 3.8) is 0 Å². The Labute approximate surface area is 218 Å². The Balaban J connectivity index is 0.00000156. The number of benzene rings is 1. The summed E-state index contributed by atoms with van der Waals surface area (Å²) in [5.41, 5.74) is 8.00. The number of nitrogens with one attached hydrogen (secondary N) is 1. The van der Waals surface area contributed by atoms with Crippen molar-refractivity contribution in [1.82, 2.24) is 0 Å². The second kappa shape index (κ2) is 9.98. The number of hydrogen-bond donors (Lipinski definition) is 0. The van der Waals surface area contributed by atoms with Gasteiger partial charge in [0.15, 0.2) is 0 Å². The molecule has 25 heavy (non-hydrogen) atoms. The summed E-state index contributed by atoms with van der Waals surface area (Å²) in [7, 11) is -2.78. The van der Waals surface area contributed by atoms with Gasteiger partial charge in [0.2, 0.25) is 0 Å².